The van der Waals surface area contributed by atoms with E-state index in [0.717, 1.165) is 16.5 Å². The second-order valence-electron chi connectivity index (χ2n) is 5.74. The molecule has 3 heteroatoms. The van der Waals surface area contributed by atoms with Crippen molar-refractivity contribution >= 4 is 28.5 Å². The van der Waals surface area contributed by atoms with Gasteiger partial charge >= 0.3 is 5.97 Å². The number of benzene rings is 2. The van der Waals surface area contributed by atoms with Gasteiger partial charge in [-0.1, -0.05) is 57.9 Å². The van der Waals surface area contributed by atoms with Gasteiger partial charge in [-0.2, -0.15) is 0 Å². The summed E-state index contributed by atoms with van der Waals surface area (Å²) in [6.07, 6.45) is 3.75. The number of fused-ring (bicyclic) bond motifs is 1. The van der Waals surface area contributed by atoms with Crippen molar-refractivity contribution in [3.05, 3.63) is 36.4 Å². The van der Waals surface area contributed by atoms with Gasteiger partial charge in [0, 0.05) is 10.3 Å². The van der Waals surface area contributed by atoms with Crippen LogP contribution in [0, 0.1) is 5.92 Å². The molecule has 0 spiro atoms. The van der Waals surface area contributed by atoms with E-state index in [1.54, 1.807) is 0 Å². The fourth-order valence-electron chi connectivity index (χ4n) is 2.22. The number of hydrogen-bond donors (Lipinski definition) is 0. The zero-order valence-corrected chi connectivity index (χ0v) is 14.4. The lowest BCUT2D eigenvalue weighted by Gasteiger charge is -2.12. The molecule has 0 saturated heterocycles. The Balaban J connectivity index is 2.24. The normalized spacial score (nSPS) is 11.1. The molecular weight excluding hydrogens is 292 g/mol. The average Bonchev–Trinajstić information content (AvgIpc) is 2.53. The van der Waals surface area contributed by atoms with Gasteiger partial charge < -0.3 is 4.74 Å². The minimum atomic E-state index is -0.187. The fourth-order valence-corrected chi connectivity index (χ4v) is 3.29. The molecular formula is C19H24O2S. The van der Waals surface area contributed by atoms with Gasteiger partial charge in [0.15, 0.2) is 0 Å². The van der Waals surface area contributed by atoms with E-state index >= 15 is 0 Å². The van der Waals surface area contributed by atoms with Gasteiger partial charge in [-0.3, -0.25) is 4.79 Å². The van der Waals surface area contributed by atoms with Crippen molar-refractivity contribution in [3.8, 4) is 5.75 Å². The van der Waals surface area contributed by atoms with E-state index in [1.165, 1.54) is 24.2 Å². The summed E-state index contributed by atoms with van der Waals surface area (Å²) in [5.41, 5.74) is 0. The van der Waals surface area contributed by atoms with Crippen LogP contribution in [-0.4, -0.2) is 11.7 Å². The second kappa shape index (κ2) is 8.23. The van der Waals surface area contributed by atoms with E-state index in [2.05, 4.69) is 19.1 Å². The van der Waals surface area contributed by atoms with E-state index in [1.807, 2.05) is 49.9 Å². The third-order valence-electron chi connectivity index (χ3n) is 3.53. The van der Waals surface area contributed by atoms with Crippen molar-refractivity contribution in [1.29, 1.82) is 0 Å². The molecule has 0 aliphatic carbocycles. The van der Waals surface area contributed by atoms with E-state index in [4.69, 9.17) is 4.74 Å². The summed E-state index contributed by atoms with van der Waals surface area (Å²) >= 11 is 1.88. The highest BCUT2D eigenvalue weighted by atomic mass is 32.2. The highest BCUT2D eigenvalue weighted by molar-refractivity contribution is 7.99. The molecule has 0 fully saturated rings. The van der Waals surface area contributed by atoms with Crippen molar-refractivity contribution in [2.45, 2.75) is 44.9 Å². The standard InChI is InChI=1S/C19H24O2S/c1-4-5-8-13-22-18-12-11-17(21-19(20)14(2)3)15-9-6-7-10-16(15)18/h6-7,9-12,14H,4-5,8,13H2,1-3H3. The first-order chi connectivity index (χ1) is 10.6. The number of ether oxygens (including phenoxy) is 1. The molecule has 0 atom stereocenters. The highest BCUT2D eigenvalue weighted by Crippen LogP contribution is 2.34. The lowest BCUT2D eigenvalue weighted by molar-refractivity contribution is -0.137. The van der Waals surface area contributed by atoms with Crippen LogP contribution in [0.5, 0.6) is 5.75 Å². The third-order valence-corrected chi connectivity index (χ3v) is 4.69. The van der Waals surface area contributed by atoms with Gasteiger partial charge in [0.05, 0.1) is 5.92 Å². The Morgan fingerprint density at radius 3 is 2.50 bits per heavy atom. The molecule has 22 heavy (non-hydrogen) atoms. The Labute approximate surface area is 137 Å². The quantitative estimate of drug-likeness (QED) is 0.284. The fraction of sp³-hybridized carbons (Fsp3) is 0.421. The number of carbonyl (C=O) groups excluding carboxylic acids is 1. The summed E-state index contributed by atoms with van der Waals surface area (Å²) in [7, 11) is 0. The average molecular weight is 316 g/mol. The summed E-state index contributed by atoms with van der Waals surface area (Å²) in [6.45, 7) is 5.92. The molecule has 0 aromatic heterocycles. The number of esters is 1. The van der Waals surface area contributed by atoms with Gasteiger partial charge in [0.25, 0.3) is 0 Å². The molecule has 0 N–H and O–H groups in total. The van der Waals surface area contributed by atoms with Crippen LogP contribution in [0.4, 0.5) is 0 Å². The first-order valence-electron chi connectivity index (χ1n) is 7.99. The Bertz CT molecular complexity index is 634. The molecule has 0 saturated carbocycles. The summed E-state index contributed by atoms with van der Waals surface area (Å²) in [4.78, 5) is 13.1. The summed E-state index contributed by atoms with van der Waals surface area (Å²) < 4.78 is 5.54. The molecule has 0 amide bonds. The van der Waals surface area contributed by atoms with E-state index in [0.29, 0.717) is 5.75 Å². The smallest absolute Gasteiger partial charge is 0.313 e. The largest absolute Gasteiger partial charge is 0.426 e. The molecule has 2 aromatic rings. The monoisotopic (exact) mass is 316 g/mol. The third kappa shape index (κ3) is 4.26. The predicted molar refractivity (Wildman–Crippen MR) is 94.7 cm³/mol. The Morgan fingerprint density at radius 1 is 1.09 bits per heavy atom. The maximum absolute atomic E-state index is 11.9. The Morgan fingerprint density at radius 2 is 1.82 bits per heavy atom. The minimum absolute atomic E-state index is 0.123. The molecule has 0 bridgehead atoms. The first-order valence-corrected chi connectivity index (χ1v) is 8.98. The first kappa shape index (κ1) is 16.9. The van der Waals surface area contributed by atoms with Gasteiger partial charge in [-0.15, -0.1) is 11.8 Å². The minimum Gasteiger partial charge on any atom is -0.426 e. The van der Waals surface area contributed by atoms with Crippen LogP contribution in [0.25, 0.3) is 10.8 Å². The molecule has 2 rings (SSSR count). The van der Waals surface area contributed by atoms with Gasteiger partial charge in [-0.25, -0.2) is 0 Å². The summed E-state index contributed by atoms with van der Waals surface area (Å²) in [5, 5.41) is 2.18. The number of thioether (sulfide) groups is 1. The highest BCUT2D eigenvalue weighted by Gasteiger charge is 2.13. The van der Waals surface area contributed by atoms with E-state index in [9.17, 15) is 4.79 Å². The van der Waals surface area contributed by atoms with Crippen molar-refractivity contribution in [2.75, 3.05) is 5.75 Å². The predicted octanol–water partition coefficient (Wildman–Crippen LogP) is 5.68. The van der Waals surface area contributed by atoms with E-state index < -0.39 is 0 Å². The van der Waals surface area contributed by atoms with Crippen LogP contribution >= 0.6 is 11.8 Å². The van der Waals surface area contributed by atoms with Crippen LogP contribution in [0.15, 0.2) is 41.3 Å². The van der Waals surface area contributed by atoms with Crippen molar-refractivity contribution in [2.24, 2.45) is 5.92 Å². The number of carbonyl (C=O) groups is 1. The number of rotatable bonds is 7. The molecule has 0 radical (unpaired) electrons. The van der Waals surface area contributed by atoms with Crippen molar-refractivity contribution < 1.29 is 9.53 Å². The summed E-state index contributed by atoms with van der Waals surface area (Å²) in [6, 6.07) is 12.1. The zero-order chi connectivity index (χ0) is 15.9. The SMILES string of the molecule is CCCCCSc1ccc(OC(=O)C(C)C)c2ccccc12. The van der Waals surface area contributed by atoms with E-state index in [-0.39, 0.29) is 11.9 Å². The molecule has 2 aromatic carbocycles. The van der Waals surface area contributed by atoms with Crippen LogP contribution in [0.2, 0.25) is 0 Å². The van der Waals surface area contributed by atoms with Gasteiger partial charge in [-0.05, 0) is 29.7 Å². The number of unbranched alkanes of at least 4 members (excludes halogenated alkanes) is 2. The molecule has 0 aliphatic rings. The van der Waals surface area contributed by atoms with Crippen LogP contribution in [0.3, 0.4) is 0 Å². The van der Waals surface area contributed by atoms with Crippen LogP contribution in [0.1, 0.15) is 40.0 Å². The molecule has 118 valence electrons. The molecule has 0 aliphatic heterocycles. The maximum Gasteiger partial charge on any atom is 0.313 e. The molecule has 0 heterocycles. The zero-order valence-electron chi connectivity index (χ0n) is 13.6. The van der Waals surface area contributed by atoms with Crippen molar-refractivity contribution in [1.82, 2.24) is 0 Å². The maximum atomic E-state index is 11.9. The second-order valence-corrected chi connectivity index (χ2v) is 6.88. The molecule has 0 unspecified atom stereocenters. The van der Waals surface area contributed by atoms with Crippen LogP contribution in [-0.2, 0) is 4.79 Å². The molecule has 2 nitrogen and oxygen atoms in total. The van der Waals surface area contributed by atoms with Crippen molar-refractivity contribution in [3.63, 3.8) is 0 Å². The lowest BCUT2D eigenvalue weighted by atomic mass is 10.1. The lowest BCUT2D eigenvalue weighted by Crippen LogP contribution is -2.14. The number of hydrogen-bond acceptors (Lipinski definition) is 3. The van der Waals surface area contributed by atoms with Crippen LogP contribution < -0.4 is 4.74 Å². The Hall–Kier alpha value is -1.48. The topological polar surface area (TPSA) is 26.3 Å². The Kier molecular flexibility index (Phi) is 6.32. The van der Waals surface area contributed by atoms with Gasteiger partial charge in [0.1, 0.15) is 5.75 Å². The van der Waals surface area contributed by atoms with Gasteiger partial charge in [0.2, 0.25) is 0 Å². The summed E-state index contributed by atoms with van der Waals surface area (Å²) in [5.74, 6) is 1.48.